The van der Waals surface area contributed by atoms with Crippen LogP contribution in [0.5, 0.6) is 0 Å². The van der Waals surface area contributed by atoms with Crippen LogP contribution in [0.25, 0.3) is 0 Å². The molecule has 0 radical (unpaired) electrons. The Morgan fingerprint density at radius 3 is 1.80 bits per heavy atom. The van der Waals surface area contributed by atoms with Crippen LogP contribution in [0.3, 0.4) is 0 Å². The van der Waals surface area contributed by atoms with Gasteiger partial charge in [-0.2, -0.15) is 0 Å². The second-order valence-electron chi connectivity index (χ2n) is 1.13. The molecule has 0 aliphatic rings. The van der Waals surface area contributed by atoms with Gasteiger partial charge in [-0.3, -0.25) is 0 Å². The second-order valence-corrected chi connectivity index (χ2v) is 4.18. The quantitative estimate of drug-likeness (QED) is 0.469. The van der Waals surface area contributed by atoms with E-state index in [0.29, 0.717) is 0 Å². The SMILES string of the molecule is C[SiH](C)[O][Fe]. The van der Waals surface area contributed by atoms with Crippen LogP contribution in [0.1, 0.15) is 0 Å². The summed E-state index contributed by atoms with van der Waals surface area (Å²) in [6.07, 6.45) is 0. The van der Waals surface area contributed by atoms with E-state index in [2.05, 4.69) is 32.9 Å². The fraction of sp³-hybridized carbons (Fsp3) is 1.00. The Morgan fingerprint density at radius 2 is 1.80 bits per heavy atom. The van der Waals surface area contributed by atoms with E-state index in [-0.39, 0.29) is 0 Å². The molecule has 5 heavy (non-hydrogen) atoms. The first-order valence-corrected chi connectivity index (χ1v) is 4.77. The number of hydrogen-bond donors (Lipinski definition) is 0. The Hall–Kier alpha value is 0.696. The van der Waals surface area contributed by atoms with Crippen LogP contribution in [0.4, 0.5) is 0 Å². The maximum absolute atomic E-state index is 4.64. The monoisotopic (exact) mass is 131 g/mol. The molecule has 0 rings (SSSR count). The molecule has 0 saturated carbocycles. The standard InChI is InChI=1S/C2H7OSi.Fe/c1-4(2)3;/h4H,1-2H3;/q-1;+1. The van der Waals surface area contributed by atoms with E-state index in [1.165, 1.54) is 0 Å². The molecule has 0 N–H and O–H groups in total. The fourth-order valence-electron chi connectivity index (χ4n) is 0. The molecule has 0 heterocycles. The van der Waals surface area contributed by atoms with Crippen LogP contribution in [-0.2, 0) is 19.9 Å². The van der Waals surface area contributed by atoms with Crippen molar-refractivity contribution in [1.29, 1.82) is 0 Å². The molecule has 0 fully saturated rings. The van der Waals surface area contributed by atoms with Gasteiger partial charge in [-0.1, -0.05) is 0 Å². The van der Waals surface area contributed by atoms with E-state index in [0.717, 1.165) is 0 Å². The normalized spacial score (nSPS) is 9.60. The maximum atomic E-state index is 4.64. The summed E-state index contributed by atoms with van der Waals surface area (Å²) in [5.74, 6) is 0. The predicted octanol–water partition coefficient (Wildman–Crippen LogP) is 0.448. The molecule has 0 unspecified atom stereocenters. The summed E-state index contributed by atoms with van der Waals surface area (Å²) in [5, 5.41) is 0. The third-order valence-corrected chi connectivity index (χ3v) is 2.06. The zero-order chi connectivity index (χ0) is 4.28. The molecule has 0 spiro atoms. The van der Waals surface area contributed by atoms with E-state index in [1.54, 1.807) is 0 Å². The van der Waals surface area contributed by atoms with Gasteiger partial charge in [-0.05, 0) is 0 Å². The summed E-state index contributed by atoms with van der Waals surface area (Å²) in [6, 6.07) is 0. The Labute approximate surface area is 42.6 Å². The average molecular weight is 131 g/mol. The van der Waals surface area contributed by atoms with Crippen molar-refractivity contribution in [3.8, 4) is 0 Å². The third kappa shape index (κ3) is 4.70. The molecule has 0 aliphatic heterocycles. The zero-order valence-electron chi connectivity index (χ0n) is 3.34. The van der Waals surface area contributed by atoms with E-state index in [4.69, 9.17) is 0 Å². The van der Waals surface area contributed by atoms with E-state index >= 15 is 0 Å². The zero-order valence-corrected chi connectivity index (χ0v) is 5.60. The first-order chi connectivity index (χ1) is 2.27. The summed E-state index contributed by atoms with van der Waals surface area (Å²) in [6.45, 7) is 4.15. The second kappa shape index (κ2) is 2.91. The van der Waals surface area contributed by atoms with Crippen molar-refractivity contribution in [3.63, 3.8) is 0 Å². The van der Waals surface area contributed by atoms with E-state index in [9.17, 15) is 0 Å². The predicted molar refractivity (Wildman–Crippen MR) is 20.0 cm³/mol. The molecule has 0 atom stereocenters. The molecule has 0 aromatic carbocycles. The summed E-state index contributed by atoms with van der Waals surface area (Å²) in [4.78, 5) is 0. The van der Waals surface area contributed by atoms with Crippen molar-refractivity contribution in [2.75, 3.05) is 0 Å². The van der Waals surface area contributed by atoms with Crippen molar-refractivity contribution in [1.82, 2.24) is 0 Å². The van der Waals surface area contributed by atoms with Gasteiger partial charge in [-0.25, -0.2) is 0 Å². The molecule has 0 aliphatic carbocycles. The molecule has 0 aromatic heterocycles. The van der Waals surface area contributed by atoms with Gasteiger partial charge in [0, 0.05) is 0 Å². The topological polar surface area (TPSA) is 9.23 Å². The third-order valence-electron chi connectivity index (χ3n) is 0.167. The van der Waals surface area contributed by atoms with Crippen LogP contribution in [-0.4, -0.2) is 9.04 Å². The summed E-state index contributed by atoms with van der Waals surface area (Å²) >= 11 is 3.25. The average Bonchev–Trinajstić information content (AvgIpc) is 1.38. The molecule has 0 amide bonds. The van der Waals surface area contributed by atoms with Gasteiger partial charge in [0.05, 0.1) is 0 Å². The summed E-state index contributed by atoms with van der Waals surface area (Å²) in [7, 11) is -0.761. The van der Waals surface area contributed by atoms with Gasteiger partial charge in [0.2, 0.25) is 0 Å². The molecule has 0 saturated heterocycles. The molecular weight excluding hydrogens is 124 g/mol. The molecule has 1 nitrogen and oxygen atoms in total. The Bertz CT molecular complexity index is 23.6. The molecule has 3 heteroatoms. The van der Waals surface area contributed by atoms with E-state index in [1.807, 2.05) is 0 Å². The van der Waals surface area contributed by atoms with Gasteiger partial charge in [0.15, 0.2) is 0 Å². The van der Waals surface area contributed by atoms with Gasteiger partial charge in [-0.15, -0.1) is 0 Å². The van der Waals surface area contributed by atoms with Gasteiger partial charge in [0.1, 0.15) is 0 Å². The Morgan fingerprint density at radius 1 is 1.60 bits per heavy atom. The number of hydrogen-bond acceptors (Lipinski definition) is 1. The Kier molecular flexibility index (Phi) is 3.31. The number of rotatable bonds is 1. The molecular formula is C2H7FeOSi. The fourth-order valence-corrected chi connectivity index (χ4v) is 0. The van der Waals surface area contributed by atoms with Gasteiger partial charge < -0.3 is 0 Å². The van der Waals surface area contributed by atoms with Crippen LogP contribution in [0, 0.1) is 0 Å². The molecule has 33 valence electrons. The Balaban J connectivity index is 2.54. The van der Waals surface area contributed by atoms with E-state index < -0.39 is 9.04 Å². The van der Waals surface area contributed by atoms with Gasteiger partial charge in [0.25, 0.3) is 0 Å². The molecule has 0 bridgehead atoms. The van der Waals surface area contributed by atoms with Crippen LogP contribution >= 0.6 is 0 Å². The minimum absolute atomic E-state index is 0.761. The van der Waals surface area contributed by atoms with Crippen LogP contribution < -0.4 is 0 Å². The molecule has 0 aromatic rings. The summed E-state index contributed by atoms with van der Waals surface area (Å²) < 4.78 is 4.64. The van der Waals surface area contributed by atoms with Crippen LogP contribution in [0.15, 0.2) is 0 Å². The van der Waals surface area contributed by atoms with Crippen molar-refractivity contribution in [2.45, 2.75) is 13.1 Å². The first-order valence-electron chi connectivity index (χ1n) is 1.53. The van der Waals surface area contributed by atoms with Crippen molar-refractivity contribution in [3.05, 3.63) is 0 Å². The first kappa shape index (κ1) is 5.70. The van der Waals surface area contributed by atoms with Crippen molar-refractivity contribution in [2.24, 2.45) is 0 Å². The van der Waals surface area contributed by atoms with Crippen LogP contribution in [0.2, 0.25) is 13.1 Å². The van der Waals surface area contributed by atoms with Gasteiger partial charge >= 0.3 is 42.0 Å². The minimum atomic E-state index is -0.761. The van der Waals surface area contributed by atoms with Crippen molar-refractivity contribution >= 4 is 9.04 Å². The van der Waals surface area contributed by atoms with Crippen molar-refractivity contribution < 1.29 is 19.9 Å². The summed E-state index contributed by atoms with van der Waals surface area (Å²) in [5.41, 5.74) is 0.